The van der Waals surface area contributed by atoms with Crippen LogP contribution in [0.1, 0.15) is 12.7 Å². The Hall–Kier alpha value is -1.47. The molecule has 1 aliphatic rings. The van der Waals surface area contributed by atoms with Crippen LogP contribution in [0.2, 0.25) is 0 Å². The maximum absolute atomic E-state index is 12.1. The lowest BCUT2D eigenvalue weighted by molar-refractivity contribution is -0.137. The van der Waals surface area contributed by atoms with Gasteiger partial charge < -0.3 is 9.64 Å². The molecule has 18 heavy (non-hydrogen) atoms. The molecule has 1 atom stereocenters. The molecule has 0 aromatic carbocycles. The molecule has 0 spiro atoms. The normalized spacial score (nSPS) is 17.8. The van der Waals surface area contributed by atoms with Crippen molar-refractivity contribution in [3.63, 3.8) is 0 Å². The average molecular weight is 253 g/mol. The van der Waals surface area contributed by atoms with E-state index in [1.165, 1.54) is 6.33 Å². The van der Waals surface area contributed by atoms with Crippen LogP contribution < -0.4 is 5.32 Å². The lowest BCUT2D eigenvalue weighted by Gasteiger charge is -2.29. The summed E-state index contributed by atoms with van der Waals surface area (Å²) in [5.74, 6) is 0.928. The first-order valence-corrected chi connectivity index (χ1v) is 6.11. The van der Waals surface area contributed by atoms with E-state index in [-0.39, 0.29) is 11.9 Å². The number of amides is 1. The van der Waals surface area contributed by atoms with Crippen molar-refractivity contribution in [2.24, 2.45) is 7.05 Å². The Labute approximate surface area is 106 Å². The molecule has 0 aliphatic carbocycles. The summed E-state index contributed by atoms with van der Waals surface area (Å²) in [6.07, 6.45) is 1.51. The first-order valence-electron chi connectivity index (χ1n) is 6.11. The Morgan fingerprint density at radius 3 is 2.89 bits per heavy atom. The zero-order chi connectivity index (χ0) is 13.0. The summed E-state index contributed by atoms with van der Waals surface area (Å²) in [5.41, 5.74) is 0. The van der Waals surface area contributed by atoms with E-state index >= 15 is 0 Å². The van der Waals surface area contributed by atoms with Gasteiger partial charge in [-0.15, -0.1) is 0 Å². The van der Waals surface area contributed by atoms with Gasteiger partial charge in [-0.3, -0.25) is 14.8 Å². The number of carbonyl (C=O) groups is 1. The highest BCUT2D eigenvalue weighted by molar-refractivity contribution is 5.81. The third-order valence-electron chi connectivity index (χ3n) is 3.06. The number of hydrogen-bond donors (Lipinski definition) is 1. The molecule has 1 fully saturated rings. The van der Waals surface area contributed by atoms with E-state index in [0.717, 1.165) is 5.82 Å². The molecule has 1 N–H and O–H groups in total. The number of carbonyl (C=O) groups excluding carboxylic acids is 1. The molecule has 1 aromatic heterocycles. The van der Waals surface area contributed by atoms with Gasteiger partial charge in [0, 0.05) is 20.1 Å². The highest BCUT2D eigenvalue weighted by atomic mass is 16.5. The molecule has 1 amide bonds. The van der Waals surface area contributed by atoms with Gasteiger partial charge in [-0.1, -0.05) is 0 Å². The maximum Gasteiger partial charge on any atom is 0.239 e. The second-order valence-corrected chi connectivity index (χ2v) is 4.34. The second kappa shape index (κ2) is 5.92. The Kier molecular flexibility index (Phi) is 4.27. The van der Waals surface area contributed by atoms with Crippen LogP contribution in [-0.4, -0.2) is 57.9 Å². The van der Waals surface area contributed by atoms with Gasteiger partial charge in [0.15, 0.2) is 0 Å². The Balaban J connectivity index is 1.82. The van der Waals surface area contributed by atoms with Gasteiger partial charge in [0.25, 0.3) is 0 Å². The minimum absolute atomic E-state index is 0.112. The quantitative estimate of drug-likeness (QED) is 0.757. The molecule has 7 heteroatoms. The van der Waals surface area contributed by atoms with Crippen molar-refractivity contribution in [3.8, 4) is 0 Å². The van der Waals surface area contributed by atoms with Crippen LogP contribution in [0.5, 0.6) is 0 Å². The standard InChI is InChI=1S/C11H19N5O2/c1-9(11(17)16-3-5-18-6-4-16)12-7-10-13-8-14-15(10)2/h8-9,12H,3-7H2,1-2H3. The fraction of sp³-hybridized carbons (Fsp3) is 0.727. The van der Waals surface area contributed by atoms with E-state index in [9.17, 15) is 4.79 Å². The molecule has 0 radical (unpaired) electrons. The van der Waals surface area contributed by atoms with Gasteiger partial charge in [-0.05, 0) is 6.92 Å². The predicted molar refractivity (Wildman–Crippen MR) is 64.7 cm³/mol. The summed E-state index contributed by atoms with van der Waals surface area (Å²) in [6.45, 7) is 5.01. The molecule has 1 aromatic rings. The lowest BCUT2D eigenvalue weighted by atomic mass is 10.2. The number of rotatable bonds is 4. The summed E-state index contributed by atoms with van der Waals surface area (Å²) in [4.78, 5) is 18.0. The largest absolute Gasteiger partial charge is 0.378 e. The molecule has 2 heterocycles. The molecule has 1 aliphatic heterocycles. The van der Waals surface area contributed by atoms with Gasteiger partial charge in [-0.2, -0.15) is 5.10 Å². The van der Waals surface area contributed by atoms with Gasteiger partial charge in [0.1, 0.15) is 12.2 Å². The first-order chi connectivity index (χ1) is 8.68. The molecule has 2 rings (SSSR count). The van der Waals surface area contributed by atoms with E-state index in [1.54, 1.807) is 4.68 Å². The van der Waals surface area contributed by atoms with E-state index < -0.39 is 0 Å². The third-order valence-corrected chi connectivity index (χ3v) is 3.06. The summed E-state index contributed by atoms with van der Waals surface area (Å²) in [5, 5.41) is 7.15. The smallest absolute Gasteiger partial charge is 0.239 e. The number of aromatic nitrogens is 3. The molecule has 100 valence electrons. The highest BCUT2D eigenvalue weighted by Gasteiger charge is 2.22. The van der Waals surface area contributed by atoms with Crippen LogP contribution in [0, 0.1) is 0 Å². The fourth-order valence-corrected chi connectivity index (χ4v) is 1.87. The minimum Gasteiger partial charge on any atom is -0.378 e. The van der Waals surface area contributed by atoms with Crippen molar-refractivity contribution in [2.75, 3.05) is 26.3 Å². The lowest BCUT2D eigenvalue weighted by Crippen LogP contribution is -2.49. The Bertz CT molecular complexity index is 400. The number of hydrogen-bond acceptors (Lipinski definition) is 5. The van der Waals surface area contributed by atoms with Crippen LogP contribution in [0.15, 0.2) is 6.33 Å². The molecular formula is C11H19N5O2. The SMILES string of the molecule is CC(NCc1ncnn1C)C(=O)N1CCOCC1. The molecule has 0 saturated carbocycles. The number of ether oxygens (including phenoxy) is 1. The van der Waals surface area contributed by atoms with Crippen LogP contribution in [0.25, 0.3) is 0 Å². The van der Waals surface area contributed by atoms with Crippen LogP contribution in [0.4, 0.5) is 0 Å². The Morgan fingerprint density at radius 1 is 1.56 bits per heavy atom. The summed E-state index contributed by atoms with van der Waals surface area (Å²) >= 11 is 0. The third kappa shape index (κ3) is 3.05. The number of morpholine rings is 1. The van der Waals surface area contributed by atoms with Crippen molar-refractivity contribution >= 4 is 5.91 Å². The van der Waals surface area contributed by atoms with Gasteiger partial charge in [0.2, 0.25) is 5.91 Å². The molecule has 1 unspecified atom stereocenters. The second-order valence-electron chi connectivity index (χ2n) is 4.34. The van der Waals surface area contributed by atoms with Crippen molar-refractivity contribution < 1.29 is 9.53 Å². The topological polar surface area (TPSA) is 72.3 Å². The van der Waals surface area contributed by atoms with Crippen molar-refractivity contribution in [1.29, 1.82) is 0 Å². The Morgan fingerprint density at radius 2 is 2.28 bits per heavy atom. The van der Waals surface area contributed by atoms with Crippen LogP contribution in [-0.2, 0) is 23.1 Å². The number of aryl methyl sites for hydroxylation is 1. The zero-order valence-electron chi connectivity index (χ0n) is 10.8. The fourth-order valence-electron chi connectivity index (χ4n) is 1.87. The van der Waals surface area contributed by atoms with E-state index in [4.69, 9.17) is 4.74 Å². The minimum atomic E-state index is -0.222. The number of nitrogens with zero attached hydrogens (tertiary/aromatic N) is 4. The highest BCUT2D eigenvalue weighted by Crippen LogP contribution is 2.01. The van der Waals surface area contributed by atoms with E-state index in [0.29, 0.717) is 32.8 Å². The zero-order valence-corrected chi connectivity index (χ0v) is 10.8. The average Bonchev–Trinajstić information content (AvgIpc) is 2.81. The molecule has 7 nitrogen and oxygen atoms in total. The van der Waals surface area contributed by atoms with E-state index in [1.807, 2.05) is 18.9 Å². The molecule has 0 bridgehead atoms. The summed E-state index contributed by atoms with van der Waals surface area (Å²) in [6, 6.07) is -0.222. The van der Waals surface area contributed by atoms with Crippen molar-refractivity contribution in [2.45, 2.75) is 19.5 Å². The van der Waals surface area contributed by atoms with Crippen molar-refractivity contribution in [3.05, 3.63) is 12.2 Å². The van der Waals surface area contributed by atoms with Gasteiger partial charge >= 0.3 is 0 Å². The predicted octanol–water partition coefficient (Wildman–Crippen LogP) is -0.848. The maximum atomic E-state index is 12.1. The monoisotopic (exact) mass is 253 g/mol. The van der Waals surface area contributed by atoms with Crippen molar-refractivity contribution in [1.82, 2.24) is 25.0 Å². The first kappa shape index (κ1) is 13.0. The van der Waals surface area contributed by atoms with Gasteiger partial charge in [-0.25, -0.2) is 4.98 Å². The van der Waals surface area contributed by atoms with Crippen LogP contribution in [0.3, 0.4) is 0 Å². The summed E-state index contributed by atoms with van der Waals surface area (Å²) in [7, 11) is 1.83. The molecule has 1 saturated heterocycles. The summed E-state index contributed by atoms with van der Waals surface area (Å²) < 4.78 is 6.92. The molecular weight excluding hydrogens is 234 g/mol. The van der Waals surface area contributed by atoms with Crippen LogP contribution >= 0.6 is 0 Å². The van der Waals surface area contributed by atoms with E-state index in [2.05, 4.69) is 15.4 Å². The van der Waals surface area contributed by atoms with Gasteiger partial charge in [0.05, 0.1) is 25.8 Å². The number of nitrogens with one attached hydrogen (secondary N) is 1.